The van der Waals surface area contributed by atoms with Crippen LogP contribution in [0.4, 0.5) is 0 Å². The number of rotatable bonds is 4. The van der Waals surface area contributed by atoms with E-state index in [-0.39, 0.29) is 27.0 Å². The standard InChI is InChI=1S/C8H13ClIN2O/c1-13-10-8-3-2-4-12(8)6-7(9)5-11/h7-8H,2-4,6H2,1H3/q-1/t7?,8-/m1/s1. The van der Waals surface area contributed by atoms with Gasteiger partial charge in [0.1, 0.15) is 0 Å². The van der Waals surface area contributed by atoms with E-state index in [0.717, 1.165) is 6.54 Å². The molecule has 5 heteroatoms. The van der Waals surface area contributed by atoms with Crippen LogP contribution < -0.4 is 21.6 Å². The minimum atomic E-state index is -0.374. The van der Waals surface area contributed by atoms with Gasteiger partial charge in [0.2, 0.25) is 0 Å². The molecule has 0 aliphatic carbocycles. The van der Waals surface area contributed by atoms with E-state index in [9.17, 15) is 0 Å². The quantitative estimate of drug-likeness (QED) is 0.349. The molecule has 3 nitrogen and oxygen atoms in total. The normalized spacial score (nSPS) is 26.1. The molecule has 1 aliphatic rings. The summed E-state index contributed by atoms with van der Waals surface area (Å²) < 4.78 is 5.78. The van der Waals surface area contributed by atoms with E-state index in [0.29, 0.717) is 10.6 Å². The average molecular weight is 316 g/mol. The Balaban J connectivity index is 2.35. The van der Waals surface area contributed by atoms with Gasteiger partial charge in [-0.15, -0.1) is 0 Å². The molecule has 0 aromatic heterocycles. The molecule has 0 spiro atoms. The second-order valence-corrected chi connectivity index (χ2v) is 6.27. The van der Waals surface area contributed by atoms with Gasteiger partial charge in [0.05, 0.1) is 0 Å². The molecule has 13 heavy (non-hydrogen) atoms. The first-order chi connectivity index (χ1) is 6.27. The van der Waals surface area contributed by atoms with Gasteiger partial charge in [0, 0.05) is 0 Å². The summed E-state index contributed by atoms with van der Waals surface area (Å²) in [5.41, 5.74) is 0. The molecular weight excluding hydrogens is 302 g/mol. The van der Waals surface area contributed by atoms with Crippen LogP contribution in [0, 0.1) is 11.3 Å². The summed E-state index contributed by atoms with van der Waals surface area (Å²) in [5, 5.41) is 8.21. The van der Waals surface area contributed by atoms with Gasteiger partial charge in [-0.25, -0.2) is 0 Å². The second-order valence-electron chi connectivity index (χ2n) is 2.91. The first-order valence-corrected chi connectivity index (χ1v) is 6.78. The van der Waals surface area contributed by atoms with Gasteiger partial charge >= 0.3 is 95.0 Å². The zero-order chi connectivity index (χ0) is 9.68. The van der Waals surface area contributed by atoms with Crippen molar-refractivity contribution >= 4 is 11.6 Å². The zero-order valence-electron chi connectivity index (χ0n) is 7.54. The van der Waals surface area contributed by atoms with E-state index in [1.807, 2.05) is 6.07 Å². The van der Waals surface area contributed by atoms with E-state index in [4.69, 9.17) is 19.9 Å². The van der Waals surface area contributed by atoms with Crippen molar-refractivity contribution in [2.45, 2.75) is 22.3 Å². The van der Waals surface area contributed by atoms with Crippen molar-refractivity contribution in [2.24, 2.45) is 0 Å². The Kier molecular flexibility index (Phi) is 5.32. The predicted molar refractivity (Wildman–Crippen MR) is 46.9 cm³/mol. The number of hydrogen-bond acceptors (Lipinski definition) is 3. The Morgan fingerprint density at radius 3 is 3.23 bits per heavy atom. The Morgan fingerprint density at radius 2 is 2.62 bits per heavy atom. The molecule has 1 fully saturated rings. The molecule has 0 saturated carbocycles. The molecule has 2 atom stereocenters. The maximum atomic E-state index is 8.58. The van der Waals surface area contributed by atoms with Crippen LogP contribution in [0.1, 0.15) is 12.8 Å². The van der Waals surface area contributed by atoms with E-state index in [1.54, 1.807) is 7.11 Å². The monoisotopic (exact) mass is 315 g/mol. The van der Waals surface area contributed by atoms with Gasteiger partial charge in [0.15, 0.2) is 0 Å². The molecule has 1 saturated heterocycles. The van der Waals surface area contributed by atoms with E-state index in [2.05, 4.69) is 4.90 Å². The van der Waals surface area contributed by atoms with Gasteiger partial charge in [0.25, 0.3) is 0 Å². The average Bonchev–Trinajstić information content (AvgIpc) is 2.54. The Labute approximate surface area is 94.8 Å². The molecule has 0 aromatic carbocycles. The summed E-state index contributed by atoms with van der Waals surface area (Å²) in [7, 11) is 1.76. The second kappa shape index (κ2) is 6.02. The zero-order valence-corrected chi connectivity index (χ0v) is 10.5. The Morgan fingerprint density at radius 1 is 1.85 bits per heavy atom. The number of nitrogens with zero attached hydrogens (tertiary/aromatic N) is 2. The summed E-state index contributed by atoms with van der Waals surface area (Å²) in [6.07, 6.45) is 2.42. The van der Waals surface area contributed by atoms with Crippen molar-refractivity contribution in [3.63, 3.8) is 0 Å². The molecule has 1 rings (SSSR count). The van der Waals surface area contributed by atoms with E-state index in [1.165, 1.54) is 12.8 Å². The van der Waals surface area contributed by atoms with Gasteiger partial charge in [-0.3, -0.25) is 0 Å². The van der Waals surface area contributed by atoms with Crippen LogP contribution in [-0.4, -0.2) is 34.5 Å². The minimum absolute atomic E-state index is 0.195. The number of hydrogen-bond donors (Lipinski definition) is 0. The summed E-state index contributed by atoms with van der Waals surface area (Å²) in [4.78, 5) is 2.29. The number of halogens is 2. The van der Waals surface area contributed by atoms with Crippen LogP contribution in [0.15, 0.2) is 0 Å². The third kappa shape index (κ3) is 3.58. The number of nitriles is 1. The van der Waals surface area contributed by atoms with Crippen LogP contribution in [0.25, 0.3) is 0 Å². The fourth-order valence-electron chi connectivity index (χ4n) is 1.44. The third-order valence-corrected chi connectivity index (χ3v) is 4.75. The van der Waals surface area contributed by atoms with Gasteiger partial charge in [-0.1, -0.05) is 0 Å². The molecule has 1 heterocycles. The van der Waals surface area contributed by atoms with Crippen molar-refractivity contribution in [3.05, 3.63) is 0 Å². The van der Waals surface area contributed by atoms with Crippen LogP contribution in [-0.2, 0) is 3.07 Å². The van der Waals surface area contributed by atoms with Gasteiger partial charge in [-0.05, 0) is 0 Å². The number of alkyl halides is 2. The summed E-state index contributed by atoms with van der Waals surface area (Å²) in [5.74, 6) is 0. The molecule has 0 radical (unpaired) electrons. The Bertz CT molecular complexity index is 197. The van der Waals surface area contributed by atoms with Crippen molar-refractivity contribution < 1.29 is 24.7 Å². The van der Waals surface area contributed by atoms with E-state index >= 15 is 0 Å². The van der Waals surface area contributed by atoms with Crippen LogP contribution in [0.5, 0.6) is 0 Å². The van der Waals surface area contributed by atoms with Crippen molar-refractivity contribution in [2.75, 3.05) is 20.2 Å². The molecule has 1 unspecified atom stereocenters. The van der Waals surface area contributed by atoms with Crippen molar-refractivity contribution in [1.29, 1.82) is 5.26 Å². The van der Waals surface area contributed by atoms with Crippen LogP contribution in [0.2, 0.25) is 0 Å². The topological polar surface area (TPSA) is 36.3 Å². The van der Waals surface area contributed by atoms with Gasteiger partial charge in [-0.2, -0.15) is 0 Å². The maximum absolute atomic E-state index is 8.58. The predicted octanol–water partition coefficient (Wildman–Crippen LogP) is -1.81. The number of likely N-dealkylation sites (tertiary alicyclic amines) is 1. The third-order valence-electron chi connectivity index (χ3n) is 2.01. The fraction of sp³-hybridized carbons (Fsp3) is 0.875. The van der Waals surface area contributed by atoms with Crippen LogP contribution >= 0.6 is 11.6 Å². The van der Waals surface area contributed by atoms with Crippen LogP contribution in [0.3, 0.4) is 0 Å². The van der Waals surface area contributed by atoms with Crippen molar-refractivity contribution in [3.8, 4) is 6.07 Å². The molecule has 76 valence electrons. The molecule has 1 aliphatic heterocycles. The SMILES string of the molecule is CO[I-][C@H]1CCCN1CC(Cl)C#N. The first-order valence-electron chi connectivity index (χ1n) is 4.22. The molecular formula is C8H13ClIN2O-. The van der Waals surface area contributed by atoms with Gasteiger partial charge < -0.3 is 0 Å². The molecule has 0 aromatic rings. The van der Waals surface area contributed by atoms with Crippen molar-refractivity contribution in [1.82, 2.24) is 4.90 Å². The summed E-state index contributed by atoms with van der Waals surface area (Å²) in [6, 6.07) is 2.05. The molecule has 0 amide bonds. The fourth-order valence-corrected chi connectivity index (χ4v) is 3.73. The van der Waals surface area contributed by atoms with E-state index < -0.39 is 0 Å². The summed E-state index contributed by atoms with van der Waals surface area (Å²) >= 11 is 5.58. The summed E-state index contributed by atoms with van der Waals surface area (Å²) in [6.45, 7) is 1.75. The Hall–Kier alpha value is 0.430. The first kappa shape index (κ1) is 11.5. The molecule has 0 N–H and O–H groups in total. The molecule has 0 bridgehead atoms.